The second-order valence-electron chi connectivity index (χ2n) is 7.84. The van der Waals surface area contributed by atoms with Gasteiger partial charge in [0.05, 0.1) is 29.0 Å². The number of hydrogen-bond acceptors (Lipinski definition) is 4. The second kappa shape index (κ2) is 8.60. The van der Waals surface area contributed by atoms with E-state index >= 15 is 0 Å². The van der Waals surface area contributed by atoms with Crippen LogP contribution in [-0.4, -0.2) is 38.0 Å². The van der Waals surface area contributed by atoms with Crippen LogP contribution < -0.4 is 10.4 Å². The van der Waals surface area contributed by atoms with Crippen LogP contribution in [0.3, 0.4) is 0 Å². The average Bonchev–Trinajstić information content (AvgIpc) is 3.41. The summed E-state index contributed by atoms with van der Waals surface area (Å²) in [4.78, 5) is 31.5. The molecule has 0 radical (unpaired) electrons. The van der Waals surface area contributed by atoms with Crippen molar-refractivity contribution >= 4 is 28.5 Å². The Morgan fingerprint density at radius 1 is 1.12 bits per heavy atom. The number of fused-ring (bicyclic) bond motifs is 1. The zero-order valence-corrected chi connectivity index (χ0v) is 18.5. The van der Waals surface area contributed by atoms with E-state index in [9.17, 15) is 9.59 Å². The Labute approximate surface area is 195 Å². The first-order chi connectivity index (χ1) is 16.0. The fourth-order valence-electron chi connectivity index (χ4n) is 4.28. The van der Waals surface area contributed by atoms with Crippen LogP contribution in [0.4, 0.5) is 0 Å². The second-order valence-corrected chi connectivity index (χ2v) is 8.27. The van der Waals surface area contributed by atoms with Crippen LogP contribution >= 0.6 is 11.6 Å². The number of halogens is 1. The third kappa shape index (κ3) is 3.91. The van der Waals surface area contributed by atoms with Gasteiger partial charge in [-0.1, -0.05) is 24.2 Å². The molecule has 0 aliphatic carbocycles. The number of pyridine rings is 1. The number of likely N-dealkylation sites (tertiary alicyclic amines) is 1. The van der Waals surface area contributed by atoms with Gasteiger partial charge in [0.15, 0.2) is 0 Å². The van der Waals surface area contributed by atoms with E-state index < -0.39 is 0 Å². The van der Waals surface area contributed by atoms with Gasteiger partial charge in [-0.15, -0.1) is 0 Å². The molecule has 3 heterocycles. The Kier molecular flexibility index (Phi) is 5.48. The molecule has 33 heavy (non-hydrogen) atoms. The van der Waals surface area contributed by atoms with Gasteiger partial charge in [-0.3, -0.25) is 18.9 Å². The molecule has 0 N–H and O–H groups in total. The summed E-state index contributed by atoms with van der Waals surface area (Å²) in [7, 11) is 0. The summed E-state index contributed by atoms with van der Waals surface area (Å²) >= 11 is 6.03. The Morgan fingerprint density at radius 2 is 1.94 bits per heavy atom. The van der Waals surface area contributed by atoms with Gasteiger partial charge in [-0.05, 0) is 61.0 Å². The first-order valence-electron chi connectivity index (χ1n) is 10.6. The van der Waals surface area contributed by atoms with Gasteiger partial charge in [-0.2, -0.15) is 0 Å². The minimum Gasteiger partial charge on any atom is -0.457 e. The molecule has 0 spiro atoms. The smallest absolute Gasteiger partial charge is 0.334 e. The highest BCUT2D eigenvalue weighted by atomic mass is 35.5. The number of imidazole rings is 1. The number of benzene rings is 2. The summed E-state index contributed by atoms with van der Waals surface area (Å²) in [5.74, 6) is 1.14. The SMILES string of the molecule is C=CC(=O)N1CC[C@@H](n2c(=O)n(-c3ccc(Oc4cccc(Cl)c4)cc3)c3cnccc32)C1. The van der Waals surface area contributed by atoms with Crippen molar-refractivity contribution in [1.82, 2.24) is 19.0 Å². The zero-order valence-electron chi connectivity index (χ0n) is 17.7. The van der Waals surface area contributed by atoms with Crippen molar-refractivity contribution in [2.45, 2.75) is 12.5 Å². The van der Waals surface area contributed by atoms with Crippen molar-refractivity contribution < 1.29 is 9.53 Å². The molecule has 166 valence electrons. The summed E-state index contributed by atoms with van der Waals surface area (Å²) in [6, 6.07) is 16.2. The van der Waals surface area contributed by atoms with E-state index in [2.05, 4.69) is 11.6 Å². The van der Waals surface area contributed by atoms with Crippen LogP contribution in [-0.2, 0) is 4.79 Å². The summed E-state index contributed by atoms with van der Waals surface area (Å²) in [6.07, 6.45) is 5.37. The predicted octanol–water partition coefficient (Wildman–Crippen LogP) is 4.59. The number of hydrogen-bond donors (Lipinski definition) is 0. The molecule has 1 atom stereocenters. The number of ether oxygens (including phenoxy) is 1. The summed E-state index contributed by atoms with van der Waals surface area (Å²) in [5, 5.41) is 0.594. The molecule has 0 bridgehead atoms. The average molecular weight is 461 g/mol. The van der Waals surface area contributed by atoms with Gasteiger partial charge in [-0.25, -0.2) is 4.79 Å². The van der Waals surface area contributed by atoms with E-state index in [1.807, 2.05) is 42.5 Å². The van der Waals surface area contributed by atoms with Gasteiger partial charge < -0.3 is 9.64 Å². The van der Waals surface area contributed by atoms with Gasteiger partial charge in [0, 0.05) is 24.3 Å². The van der Waals surface area contributed by atoms with Gasteiger partial charge in [0.1, 0.15) is 11.5 Å². The van der Waals surface area contributed by atoms with Crippen LogP contribution in [0.15, 0.2) is 84.4 Å². The largest absolute Gasteiger partial charge is 0.457 e. The molecule has 0 saturated carbocycles. The Morgan fingerprint density at radius 3 is 2.70 bits per heavy atom. The van der Waals surface area contributed by atoms with Crippen LogP contribution in [0, 0.1) is 0 Å². The lowest BCUT2D eigenvalue weighted by molar-refractivity contribution is -0.125. The molecule has 1 aliphatic heterocycles. The Bertz CT molecular complexity index is 1410. The van der Waals surface area contributed by atoms with Gasteiger partial charge in [0.2, 0.25) is 5.91 Å². The molecule has 4 aromatic rings. The predicted molar refractivity (Wildman–Crippen MR) is 127 cm³/mol. The van der Waals surface area contributed by atoms with E-state index in [0.29, 0.717) is 47.2 Å². The van der Waals surface area contributed by atoms with Crippen molar-refractivity contribution in [1.29, 1.82) is 0 Å². The van der Waals surface area contributed by atoms with Crippen molar-refractivity contribution in [3.05, 3.63) is 95.2 Å². The first kappa shape index (κ1) is 21.0. The molecule has 2 aromatic heterocycles. The van der Waals surface area contributed by atoms with Crippen LogP contribution in [0.25, 0.3) is 16.7 Å². The molecule has 7 nitrogen and oxygen atoms in total. The highest BCUT2D eigenvalue weighted by molar-refractivity contribution is 6.30. The minimum atomic E-state index is -0.167. The maximum Gasteiger partial charge on any atom is 0.334 e. The number of carbonyl (C=O) groups is 1. The maximum absolute atomic E-state index is 13.6. The van der Waals surface area contributed by atoms with E-state index in [-0.39, 0.29) is 17.6 Å². The highest BCUT2D eigenvalue weighted by Gasteiger charge is 2.29. The van der Waals surface area contributed by atoms with Crippen LogP contribution in [0.1, 0.15) is 12.5 Å². The number of carbonyl (C=O) groups excluding carboxylic acids is 1. The molecule has 1 amide bonds. The lowest BCUT2D eigenvalue weighted by Gasteiger charge is -2.15. The van der Waals surface area contributed by atoms with Crippen molar-refractivity contribution in [3.8, 4) is 17.2 Å². The number of amides is 1. The van der Waals surface area contributed by atoms with Crippen LogP contribution in [0.5, 0.6) is 11.5 Å². The molecule has 1 fully saturated rings. The molecule has 1 aliphatic rings. The minimum absolute atomic E-state index is 0.113. The lowest BCUT2D eigenvalue weighted by atomic mass is 10.2. The molecule has 2 aromatic carbocycles. The summed E-state index contributed by atoms with van der Waals surface area (Å²) < 4.78 is 9.27. The third-order valence-electron chi connectivity index (χ3n) is 5.82. The van der Waals surface area contributed by atoms with E-state index in [4.69, 9.17) is 16.3 Å². The first-order valence-corrected chi connectivity index (χ1v) is 10.9. The highest BCUT2D eigenvalue weighted by Crippen LogP contribution is 2.28. The lowest BCUT2D eigenvalue weighted by Crippen LogP contribution is -2.31. The zero-order chi connectivity index (χ0) is 22.9. The molecule has 5 rings (SSSR count). The van der Waals surface area contributed by atoms with Crippen LogP contribution in [0.2, 0.25) is 5.02 Å². The van der Waals surface area contributed by atoms with Gasteiger partial charge >= 0.3 is 5.69 Å². The molecular weight excluding hydrogens is 440 g/mol. The fourth-order valence-corrected chi connectivity index (χ4v) is 4.46. The van der Waals surface area contributed by atoms with Crippen molar-refractivity contribution in [3.63, 3.8) is 0 Å². The quantitative estimate of drug-likeness (QED) is 0.408. The number of aromatic nitrogens is 3. The molecule has 0 unspecified atom stereocenters. The Balaban J connectivity index is 1.50. The fraction of sp³-hybridized carbons (Fsp3) is 0.160. The number of rotatable bonds is 5. The summed E-state index contributed by atoms with van der Waals surface area (Å²) in [5.41, 5.74) is 2.03. The maximum atomic E-state index is 13.6. The van der Waals surface area contributed by atoms with E-state index in [0.717, 1.165) is 5.52 Å². The van der Waals surface area contributed by atoms with Crippen molar-refractivity contribution in [2.24, 2.45) is 0 Å². The molecule has 8 heteroatoms. The van der Waals surface area contributed by atoms with E-state index in [1.54, 1.807) is 38.6 Å². The van der Waals surface area contributed by atoms with E-state index in [1.165, 1.54) is 6.08 Å². The topological polar surface area (TPSA) is 69.4 Å². The Hall–Kier alpha value is -3.84. The standard InChI is InChI=1S/C25H21ClN4O3/c1-2-24(31)28-13-11-19(16-28)30-22-10-12-27-15-23(22)29(25(30)32)18-6-8-20(9-7-18)33-21-5-3-4-17(26)14-21/h2-10,12,14-15,19H,1,11,13,16H2/t19-/m1/s1. The normalized spacial score (nSPS) is 15.7. The monoisotopic (exact) mass is 460 g/mol. The third-order valence-corrected chi connectivity index (χ3v) is 6.05. The summed E-state index contributed by atoms with van der Waals surface area (Å²) in [6.45, 7) is 4.63. The molecule has 1 saturated heterocycles. The number of nitrogens with zero attached hydrogens (tertiary/aromatic N) is 4. The van der Waals surface area contributed by atoms with Crippen molar-refractivity contribution in [2.75, 3.05) is 13.1 Å². The molecular formula is C25H21ClN4O3. The van der Waals surface area contributed by atoms with Gasteiger partial charge in [0.25, 0.3) is 0 Å².